The molecule has 0 amide bonds. The molecule has 0 spiro atoms. The van der Waals surface area contributed by atoms with Crippen LogP contribution in [-0.4, -0.2) is 4.98 Å². The Morgan fingerprint density at radius 1 is 0.658 bits per heavy atom. The van der Waals surface area contributed by atoms with Gasteiger partial charge >= 0.3 is 0 Å². The van der Waals surface area contributed by atoms with Crippen LogP contribution in [0.3, 0.4) is 0 Å². The van der Waals surface area contributed by atoms with Crippen LogP contribution in [0.25, 0.3) is 0 Å². The number of pyridine rings is 1. The van der Waals surface area contributed by atoms with Crippen molar-refractivity contribution in [2.75, 3.05) is 0 Å². The summed E-state index contributed by atoms with van der Waals surface area (Å²) >= 11 is 0. The lowest BCUT2D eigenvalue weighted by Gasteiger charge is -2.29. The van der Waals surface area contributed by atoms with Crippen molar-refractivity contribution in [2.24, 2.45) is 0 Å². The first-order valence-electron chi connectivity index (χ1n) is 14.3. The highest BCUT2D eigenvalue weighted by atomic mass is 19.1. The topological polar surface area (TPSA) is 12.9 Å². The zero-order chi connectivity index (χ0) is 28.2. The quantitative estimate of drug-likeness (QED) is 0.245. The first-order chi connectivity index (χ1) is 17.8. The van der Waals surface area contributed by atoms with Gasteiger partial charge in [0, 0.05) is 6.20 Å². The van der Waals surface area contributed by atoms with Crippen LogP contribution >= 0.6 is 0 Å². The molecule has 1 nitrogen and oxygen atoms in total. The van der Waals surface area contributed by atoms with Crippen molar-refractivity contribution in [3.8, 4) is 0 Å². The molecule has 0 N–H and O–H groups in total. The molecule has 0 saturated heterocycles. The molecule has 3 unspecified atom stereocenters. The van der Waals surface area contributed by atoms with Crippen LogP contribution in [0.2, 0.25) is 0 Å². The fourth-order valence-electron chi connectivity index (χ4n) is 5.53. The third-order valence-corrected chi connectivity index (χ3v) is 8.34. The Hall–Kier alpha value is -2.55. The van der Waals surface area contributed by atoms with Gasteiger partial charge in [-0.15, -0.1) is 0 Å². The molecule has 3 atom stereocenters. The summed E-state index contributed by atoms with van der Waals surface area (Å²) in [5.41, 5.74) is 5.53. The molecule has 1 aromatic heterocycles. The number of rotatable bonds is 11. The molecule has 0 saturated carbocycles. The average molecular weight is 520 g/mol. The zero-order valence-corrected chi connectivity index (χ0v) is 24.9. The van der Waals surface area contributed by atoms with Crippen molar-refractivity contribution < 1.29 is 8.78 Å². The Bertz CT molecular complexity index is 1190. The standard InChI is InChI=1S/C35H47F2N/c1-22(2)27-12-14-28(15-13-27)24(5)10-11-25(6)29-16-17-31(32(36)18-29)26(7)20-35(8,9)30-19-33(37)34(23(3)4)38-21-30/h12-19,21-26H,10-11,20H2,1-9H3. The Balaban J connectivity index is 1.64. The zero-order valence-electron chi connectivity index (χ0n) is 24.9. The van der Waals surface area contributed by atoms with E-state index in [1.165, 1.54) is 11.1 Å². The molecule has 3 rings (SSSR count). The molecule has 0 aliphatic rings. The monoisotopic (exact) mass is 519 g/mol. The van der Waals surface area contributed by atoms with Gasteiger partial charge in [-0.2, -0.15) is 0 Å². The molecule has 38 heavy (non-hydrogen) atoms. The summed E-state index contributed by atoms with van der Waals surface area (Å²) in [5, 5.41) is 0. The minimum absolute atomic E-state index is 0.00368. The number of benzene rings is 2. The first-order valence-corrected chi connectivity index (χ1v) is 14.3. The van der Waals surface area contributed by atoms with Gasteiger partial charge in [-0.3, -0.25) is 4.98 Å². The van der Waals surface area contributed by atoms with Gasteiger partial charge in [-0.25, -0.2) is 8.78 Å². The molecule has 0 aliphatic heterocycles. The lowest BCUT2D eigenvalue weighted by molar-refractivity contribution is 0.424. The van der Waals surface area contributed by atoms with Crippen molar-refractivity contribution in [3.63, 3.8) is 0 Å². The van der Waals surface area contributed by atoms with E-state index < -0.39 is 0 Å². The lowest BCUT2D eigenvalue weighted by atomic mass is 9.76. The molecule has 2 aromatic carbocycles. The lowest BCUT2D eigenvalue weighted by Crippen LogP contribution is -2.21. The maximum Gasteiger partial charge on any atom is 0.145 e. The predicted octanol–water partition coefficient (Wildman–Crippen LogP) is 10.8. The molecule has 3 heteroatoms. The normalized spacial score (nSPS) is 14.7. The maximum atomic E-state index is 15.3. The van der Waals surface area contributed by atoms with E-state index in [1.807, 2.05) is 19.9 Å². The molecule has 3 aromatic rings. The van der Waals surface area contributed by atoms with E-state index >= 15 is 4.39 Å². The predicted molar refractivity (Wildman–Crippen MR) is 157 cm³/mol. The molecule has 206 valence electrons. The summed E-state index contributed by atoms with van der Waals surface area (Å²) in [6.45, 7) is 19.0. The largest absolute Gasteiger partial charge is 0.258 e. The fourth-order valence-corrected chi connectivity index (χ4v) is 5.53. The van der Waals surface area contributed by atoms with E-state index in [2.05, 4.69) is 83.8 Å². The van der Waals surface area contributed by atoms with Crippen molar-refractivity contribution in [2.45, 2.75) is 117 Å². The SMILES string of the molecule is CC(C)c1ccc(C(C)CCC(C)c2ccc(C(C)CC(C)(C)c3cnc(C(C)C)c(F)c3)c(F)c2)cc1. The van der Waals surface area contributed by atoms with Gasteiger partial charge in [0.2, 0.25) is 0 Å². The highest BCUT2D eigenvalue weighted by Gasteiger charge is 2.27. The van der Waals surface area contributed by atoms with Gasteiger partial charge < -0.3 is 0 Å². The number of hydrogen-bond donors (Lipinski definition) is 0. The van der Waals surface area contributed by atoms with Crippen LogP contribution in [0.15, 0.2) is 54.7 Å². The highest BCUT2D eigenvalue weighted by Crippen LogP contribution is 2.37. The number of halogens is 2. The minimum atomic E-state index is -0.329. The van der Waals surface area contributed by atoms with Gasteiger partial charge in [0.25, 0.3) is 0 Å². The van der Waals surface area contributed by atoms with Gasteiger partial charge in [-0.1, -0.05) is 98.7 Å². The van der Waals surface area contributed by atoms with Gasteiger partial charge in [0.15, 0.2) is 0 Å². The molecular weight excluding hydrogens is 472 g/mol. The third kappa shape index (κ3) is 7.30. The summed E-state index contributed by atoms with van der Waals surface area (Å²) < 4.78 is 29.9. The molecule has 0 aliphatic carbocycles. The molecule has 1 heterocycles. The second-order valence-corrected chi connectivity index (χ2v) is 12.7. The highest BCUT2D eigenvalue weighted by molar-refractivity contribution is 5.32. The summed E-state index contributed by atoms with van der Waals surface area (Å²) in [7, 11) is 0. The molecular formula is C35H47F2N. The summed E-state index contributed by atoms with van der Waals surface area (Å²) in [4.78, 5) is 4.38. The molecule has 0 radical (unpaired) electrons. The first kappa shape index (κ1) is 30.0. The van der Waals surface area contributed by atoms with Crippen molar-refractivity contribution in [1.29, 1.82) is 0 Å². The molecule has 0 fully saturated rings. The smallest absolute Gasteiger partial charge is 0.145 e. The number of aromatic nitrogens is 1. The molecule has 0 bridgehead atoms. The average Bonchev–Trinajstić information content (AvgIpc) is 2.86. The van der Waals surface area contributed by atoms with Crippen molar-refractivity contribution in [1.82, 2.24) is 4.98 Å². The fraction of sp³-hybridized carbons (Fsp3) is 0.514. The summed E-state index contributed by atoms with van der Waals surface area (Å²) in [6, 6.07) is 16.4. The van der Waals surface area contributed by atoms with Gasteiger partial charge in [0.05, 0.1) is 5.69 Å². The number of hydrogen-bond acceptors (Lipinski definition) is 1. The van der Waals surface area contributed by atoms with Crippen LogP contribution in [-0.2, 0) is 5.41 Å². The summed E-state index contributed by atoms with van der Waals surface area (Å²) in [6.07, 6.45) is 4.57. The Labute approximate surface area is 230 Å². The minimum Gasteiger partial charge on any atom is -0.258 e. The van der Waals surface area contributed by atoms with E-state index in [0.717, 1.165) is 29.5 Å². The van der Waals surface area contributed by atoms with Crippen LogP contribution in [0.5, 0.6) is 0 Å². The van der Waals surface area contributed by atoms with E-state index in [0.29, 0.717) is 24.0 Å². The van der Waals surface area contributed by atoms with Crippen LogP contribution in [0.4, 0.5) is 8.78 Å². The van der Waals surface area contributed by atoms with Gasteiger partial charge in [0.1, 0.15) is 11.6 Å². The second kappa shape index (κ2) is 12.5. The Morgan fingerprint density at radius 3 is 1.74 bits per heavy atom. The van der Waals surface area contributed by atoms with Crippen LogP contribution in [0, 0.1) is 11.6 Å². The second-order valence-electron chi connectivity index (χ2n) is 12.7. The van der Waals surface area contributed by atoms with Crippen molar-refractivity contribution in [3.05, 3.63) is 99.9 Å². The number of nitrogens with zero attached hydrogens (tertiary/aromatic N) is 1. The van der Waals surface area contributed by atoms with E-state index in [1.54, 1.807) is 18.3 Å². The van der Waals surface area contributed by atoms with Gasteiger partial charge in [-0.05, 0) is 94.2 Å². The van der Waals surface area contributed by atoms with E-state index in [-0.39, 0.29) is 34.8 Å². The third-order valence-electron chi connectivity index (χ3n) is 8.34. The van der Waals surface area contributed by atoms with Crippen LogP contribution in [0.1, 0.15) is 145 Å². The van der Waals surface area contributed by atoms with E-state index in [9.17, 15) is 4.39 Å². The van der Waals surface area contributed by atoms with Crippen LogP contribution < -0.4 is 0 Å². The summed E-state index contributed by atoms with van der Waals surface area (Å²) in [5.74, 6) is 0.938. The maximum absolute atomic E-state index is 15.3. The van der Waals surface area contributed by atoms with Crippen molar-refractivity contribution >= 4 is 0 Å². The van der Waals surface area contributed by atoms with E-state index in [4.69, 9.17) is 0 Å². The Morgan fingerprint density at radius 2 is 1.21 bits per heavy atom. The Kier molecular flexibility index (Phi) is 9.90.